The molecular formula is C10H12O. The number of carbonyl (C=O) groups excluding carboxylic acids is 1. The molecule has 0 aliphatic heterocycles. The highest BCUT2D eigenvalue weighted by Crippen LogP contribution is 2.03. The molecule has 0 aromatic heterocycles. The molecule has 1 aliphatic carbocycles. The van der Waals surface area contributed by atoms with Crippen LogP contribution in [0.25, 0.3) is 0 Å². The number of hydrogen-bond donors (Lipinski definition) is 0. The van der Waals surface area contributed by atoms with Crippen molar-refractivity contribution < 1.29 is 4.79 Å². The van der Waals surface area contributed by atoms with Gasteiger partial charge in [0, 0.05) is 19.3 Å². The number of allylic oxidation sites excluding steroid dienone is 2. The van der Waals surface area contributed by atoms with Crippen LogP contribution in [0, 0.1) is 11.8 Å². The first-order valence-corrected chi connectivity index (χ1v) is 4.05. The van der Waals surface area contributed by atoms with E-state index in [1.54, 1.807) is 6.08 Å². The molecule has 0 spiro atoms. The minimum atomic E-state index is 0.338. The topological polar surface area (TPSA) is 17.1 Å². The third-order valence-corrected chi connectivity index (χ3v) is 1.66. The Hall–Kier alpha value is -1.03. The molecule has 0 atom stereocenters. The van der Waals surface area contributed by atoms with Gasteiger partial charge < -0.3 is 0 Å². The van der Waals surface area contributed by atoms with Crippen LogP contribution in [0.15, 0.2) is 12.2 Å². The van der Waals surface area contributed by atoms with Gasteiger partial charge in [-0.1, -0.05) is 17.9 Å². The third kappa shape index (κ3) is 3.62. The molecule has 0 N–H and O–H groups in total. The molecule has 0 heterocycles. The molecule has 1 rings (SSSR count). The molecule has 58 valence electrons. The van der Waals surface area contributed by atoms with E-state index in [0.29, 0.717) is 12.2 Å². The highest BCUT2D eigenvalue weighted by Gasteiger charge is 1.98. The molecule has 0 saturated carbocycles. The minimum Gasteiger partial charge on any atom is -0.299 e. The Balaban J connectivity index is 2.47. The van der Waals surface area contributed by atoms with Crippen LogP contribution >= 0.6 is 0 Å². The first kappa shape index (κ1) is 8.07. The standard InChI is InChI=1S/C10H12O/c11-10-8-6-4-2-1-3-5-7-9-10/h5,7H,2,4,6,8-9H2/b7-5-. The largest absolute Gasteiger partial charge is 0.299 e. The van der Waals surface area contributed by atoms with Crippen LogP contribution in [0.1, 0.15) is 32.1 Å². The molecular weight excluding hydrogens is 136 g/mol. The molecule has 1 aliphatic rings. The van der Waals surface area contributed by atoms with Crippen LogP contribution in [0.4, 0.5) is 0 Å². The van der Waals surface area contributed by atoms with Crippen molar-refractivity contribution in [3.8, 4) is 11.8 Å². The summed E-state index contributed by atoms with van der Waals surface area (Å²) in [6.07, 6.45) is 7.91. The average Bonchev–Trinajstić information content (AvgIpc) is 2.03. The Kier molecular flexibility index (Phi) is 3.47. The maximum atomic E-state index is 11.0. The second kappa shape index (κ2) is 4.73. The predicted molar refractivity (Wildman–Crippen MR) is 45.0 cm³/mol. The molecule has 0 radical (unpaired) electrons. The Morgan fingerprint density at radius 2 is 2.27 bits per heavy atom. The number of hydrogen-bond acceptors (Lipinski definition) is 1. The number of Topliss-reactive ketones (excluding diaryl/α,β-unsaturated/α-hetero) is 1. The molecule has 0 aromatic rings. The zero-order valence-corrected chi connectivity index (χ0v) is 6.60. The summed E-state index contributed by atoms with van der Waals surface area (Å²) >= 11 is 0. The monoisotopic (exact) mass is 148 g/mol. The number of carbonyl (C=O) groups is 1. The van der Waals surface area contributed by atoms with Crippen molar-refractivity contribution in [1.29, 1.82) is 0 Å². The first-order chi connectivity index (χ1) is 5.39. The zero-order valence-electron chi connectivity index (χ0n) is 6.60. The summed E-state index contributed by atoms with van der Waals surface area (Å²) in [5, 5.41) is 0. The van der Waals surface area contributed by atoms with E-state index in [4.69, 9.17) is 0 Å². The molecule has 0 aromatic carbocycles. The van der Waals surface area contributed by atoms with Gasteiger partial charge in [-0.15, -0.1) is 0 Å². The van der Waals surface area contributed by atoms with Crippen LogP contribution in [-0.4, -0.2) is 5.78 Å². The van der Waals surface area contributed by atoms with E-state index in [2.05, 4.69) is 11.8 Å². The van der Waals surface area contributed by atoms with Gasteiger partial charge in [0.2, 0.25) is 0 Å². The summed E-state index contributed by atoms with van der Waals surface area (Å²) in [5.41, 5.74) is 0. The maximum absolute atomic E-state index is 11.0. The van der Waals surface area contributed by atoms with E-state index in [0.717, 1.165) is 25.7 Å². The fraction of sp³-hybridized carbons (Fsp3) is 0.500. The summed E-state index contributed by atoms with van der Waals surface area (Å²) in [6, 6.07) is 0. The Morgan fingerprint density at radius 3 is 3.18 bits per heavy atom. The summed E-state index contributed by atoms with van der Waals surface area (Å²) in [4.78, 5) is 11.0. The summed E-state index contributed by atoms with van der Waals surface area (Å²) < 4.78 is 0. The van der Waals surface area contributed by atoms with Gasteiger partial charge >= 0.3 is 0 Å². The normalized spacial score (nSPS) is 21.6. The predicted octanol–water partition coefficient (Wildman–Crippen LogP) is 2.08. The lowest BCUT2D eigenvalue weighted by Crippen LogP contribution is -1.95. The van der Waals surface area contributed by atoms with Crippen LogP contribution in [0.3, 0.4) is 0 Å². The fourth-order valence-electron chi connectivity index (χ4n) is 1.02. The molecule has 1 heteroatoms. The van der Waals surface area contributed by atoms with E-state index in [1.807, 2.05) is 6.08 Å². The highest BCUT2D eigenvalue weighted by molar-refractivity contribution is 5.79. The van der Waals surface area contributed by atoms with Gasteiger partial charge in [0.15, 0.2) is 0 Å². The van der Waals surface area contributed by atoms with Crippen LogP contribution in [-0.2, 0) is 4.79 Å². The quantitative estimate of drug-likeness (QED) is 0.481. The first-order valence-electron chi connectivity index (χ1n) is 4.05. The summed E-state index contributed by atoms with van der Waals surface area (Å²) in [5.74, 6) is 6.25. The van der Waals surface area contributed by atoms with Crippen LogP contribution in [0.5, 0.6) is 0 Å². The lowest BCUT2D eigenvalue weighted by atomic mass is 10.1. The van der Waals surface area contributed by atoms with Crippen LogP contribution < -0.4 is 0 Å². The molecule has 0 amide bonds. The van der Waals surface area contributed by atoms with E-state index >= 15 is 0 Å². The van der Waals surface area contributed by atoms with Crippen molar-refractivity contribution in [2.75, 3.05) is 0 Å². The molecule has 0 unspecified atom stereocenters. The van der Waals surface area contributed by atoms with Crippen molar-refractivity contribution in [1.82, 2.24) is 0 Å². The lowest BCUT2D eigenvalue weighted by Gasteiger charge is -1.96. The van der Waals surface area contributed by atoms with Gasteiger partial charge in [-0.05, 0) is 18.9 Å². The lowest BCUT2D eigenvalue weighted by molar-refractivity contribution is -0.118. The van der Waals surface area contributed by atoms with Crippen molar-refractivity contribution >= 4 is 5.78 Å². The zero-order chi connectivity index (χ0) is 7.94. The Morgan fingerprint density at radius 1 is 1.36 bits per heavy atom. The SMILES string of the molecule is O=C1C/C=C\C#CCCCC1. The molecule has 1 nitrogen and oxygen atoms in total. The molecule has 11 heavy (non-hydrogen) atoms. The number of rotatable bonds is 0. The number of ketones is 1. The second-order valence-electron chi connectivity index (χ2n) is 2.67. The van der Waals surface area contributed by atoms with Crippen molar-refractivity contribution in [3.05, 3.63) is 12.2 Å². The second-order valence-corrected chi connectivity index (χ2v) is 2.67. The van der Waals surface area contributed by atoms with E-state index < -0.39 is 0 Å². The van der Waals surface area contributed by atoms with Gasteiger partial charge in [-0.3, -0.25) is 4.79 Å². The van der Waals surface area contributed by atoms with Gasteiger partial charge in [0.05, 0.1) is 0 Å². The van der Waals surface area contributed by atoms with E-state index in [1.165, 1.54) is 0 Å². The van der Waals surface area contributed by atoms with Crippen molar-refractivity contribution in [2.24, 2.45) is 0 Å². The smallest absolute Gasteiger partial charge is 0.136 e. The minimum absolute atomic E-state index is 0.338. The third-order valence-electron chi connectivity index (χ3n) is 1.66. The maximum Gasteiger partial charge on any atom is 0.136 e. The molecule has 0 fully saturated rings. The van der Waals surface area contributed by atoms with Gasteiger partial charge in [-0.2, -0.15) is 0 Å². The molecule has 0 saturated heterocycles. The average molecular weight is 148 g/mol. The van der Waals surface area contributed by atoms with Gasteiger partial charge in [0.25, 0.3) is 0 Å². The van der Waals surface area contributed by atoms with E-state index in [9.17, 15) is 4.79 Å². The van der Waals surface area contributed by atoms with Crippen molar-refractivity contribution in [3.63, 3.8) is 0 Å². The fourth-order valence-corrected chi connectivity index (χ4v) is 1.02. The molecule has 0 bridgehead atoms. The Bertz CT molecular complexity index is 215. The van der Waals surface area contributed by atoms with Crippen LogP contribution in [0.2, 0.25) is 0 Å². The highest BCUT2D eigenvalue weighted by atomic mass is 16.1. The van der Waals surface area contributed by atoms with Gasteiger partial charge in [-0.25, -0.2) is 0 Å². The van der Waals surface area contributed by atoms with E-state index in [-0.39, 0.29) is 0 Å². The summed E-state index contributed by atoms with van der Waals surface area (Å²) in [6.45, 7) is 0. The van der Waals surface area contributed by atoms with Gasteiger partial charge in [0.1, 0.15) is 5.78 Å². The van der Waals surface area contributed by atoms with Crippen molar-refractivity contribution in [2.45, 2.75) is 32.1 Å². The Labute approximate surface area is 67.5 Å². The summed E-state index contributed by atoms with van der Waals surface area (Å²) in [7, 11) is 0.